The van der Waals surface area contributed by atoms with Crippen molar-refractivity contribution < 1.29 is 0 Å². The summed E-state index contributed by atoms with van der Waals surface area (Å²) in [5.74, 6) is 0. The molecule has 3 rings (SSSR count). The first-order valence-electron chi connectivity index (χ1n) is 5.78. The van der Waals surface area contributed by atoms with E-state index in [1.165, 1.54) is 6.07 Å². The second kappa shape index (κ2) is 6.34. The molecule has 0 unspecified atom stereocenters. The Morgan fingerprint density at radius 2 is 1.74 bits per heavy atom. The largest absolute Gasteiger partial charge is 0.328 e. The van der Waals surface area contributed by atoms with Gasteiger partial charge in [0, 0.05) is 39.5 Å². The maximum absolute atomic E-state index is 11.2. The molecule has 0 aliphatic heterocycles. The summed E-state index contributed by atoms with van der Waals surface area (Å²) < 4.78 is 3.66. The van der Waals surface area contributed by atoms with Gasteiger partial charge >= 0.3 is 0 Å². The number of hydrogen-bond donors (Lipinski definition) is 1. The van der Waals surface area contributed by atoms with Gasteiger partial charge in [0.25, 0.3) is 5.56 Å². The van der Waals surface area contributed by atoms with E-state index < -0.39 is 0 Å². The average molecular weight is 388 g/mol. The Morgan fingerprint density at radius 1 is 1.05 bits per heavy atom. The lowest BCUT2D eigenvalue weighted by atomic mass is 10.4. The van der Waals surface area contributed by atoms with Crippen LogP contribution < -0.4 is 11.1 Å². The van der Waals surface area contributed by atoms with Crippen LogP contribution in [0.2, 0.25) is 0 Å². The highest BCUT2D eigenvalue weighted by molar-refractivity contribution is 9.10. The normalized spacial score (nSPS) is 13.6. The fraction of sp³-hybridized carbons (Fsp3) is 0.231. The SMILES string of the molecule is O=c1ccc(Br)c[nH]1.O=c1ccc(Br)cn1C1CC1. The molecule has 1 N–H and O–H groups in total. The summed E-state index contributed by atoms with van der Waals surface area (Å²) in [6.45, 7) is 0. The predicted octanol–water partition coefficient (Wildman–Crippen LogP) is 3.08. The number of nitrogens with one attached hydrogen (secondary N) is 1. The molecule has 2 aromatic rings. The Hall–Kier alpha value is -1.14. The highest BCUT2D eigenvalue weighted by Crippen LogP contribution is 2.33. The summed E-state index contributed by atoms with van der Waals surface area (Å²) in [5.41, 5.74) is 0.0314. The number of halogens is 2. The first kappa shape index (κ1) is 14.3. The van der Waals surface area contributed by atoms with Crippen molar-refractivity contribution in [3.05, 3.63) is 66.3 Å². The monoisotopic (exact) mass is 386 g/mol. The fourth-order valence-corrected chi connectivity index (χ4v) is 2.11. The highest BCUT2D eigenvalue weighted by atomic mass is 79.9. The van der Waals surface area contributed by atoms with Gasteiger partial charge in [-0.05, 0) is 56.8 Å². The first-order chi connectivity index (χ1) is 9.06. The summed E-state index contributed by atoms with van der Waals surface area (Å²) in [6.07, 6.45) is 5.76. The van der Waals surface area contributed by atoms with Gasteiger partial charge in [-0.15, -0.1) is 0 Å². The molecule has 0 amide bonds. The molecule has 0 spiro atoms. The molecule has 1 fully saturated rings. The van der Waals surface area contributed by atoms with E-state index in [9.17, 15) is 9.59 Å². The highest BCUT2D eigenvalue weighted by Gasteiger charge is 2.23. The van der Waals surface area contributed by atoms with Crippen molar-refractivity contribution in [2.75, 3.05) is 0 Å². The molecule has 2 aromatic heterocycles. The number of nitrogens with zero attached hydrogens (tertiary/aromatic N) is 1. The lowest BCUT2D eigenvalue weighted by Gasteiger charge is -2.01. The van der Waals surface area contributed by atoms with E-state index >= 15 is 0 Å². The van der Waals surface area contributed by atoms with Crippen molar-refractivity contribution in [2.45, 2.75) is 18.9 Å². The molecule has 0 atom stereocenters. The Labute approximate surface area is 126 Å². The second-order valence-corrected chi connectivity index (χ2v) is 6.03. The molecule has 2 heterocycles. The summed E-state index contributed by atoms with van der Waals surface area (Å²) >= 11 is 6.51. The molecule has 4 nitrogen and oxygen atoms in total. The van der Waals surface area contributed by atoms with Crippen LogP contribution in [0.5, 0.6) is 0 Å². The molecule has 6 heteroatoms. The number of aromatic nitrogens is 2. The fourth-order valence-electron chi connectivity index (χ4n) is 1.51. The summed E-state index contributed by atoms with van der Waals surface area (Å²) in [7, 11) is 0. The van der Waals surface area contributed by atoms with E-state index in [1.807, 2.05) is 6.20 Å². The third kappa shape index (κ3) is 4.47. The van der Waals surface area contributed by atoms with Crippen molar-refractivity contribution in [1.29, 1.82) is 0 Å². The van der Waals surface area contributed by atoms with E-state index in [4.69, 9.17) is 0 Å². The van der Waals surface area contributed by atoms with Crippen LogP contribution in [0.25, 0.3) is 0 Å². The third-order valence-corrected chi connectivity index (χ3v) is 3.55. The molecule has 0 radical (unpaired) electrons. The first-order valence-corrected chi connectivity index (χ1v) is 7.37. The third-order valence-electron chi connectivity index (χ3n) is 2.59. The van der Waals surface area contributed by atoms with Crippen LogP contribution in [0.4, 0.5) is 0 Å². The number of rotatable bonds is 1. The van der Waals surface area contributed by atoms with E-state index in [1.54, 1.807) is 29.0 Å². The van der Waals surface area contributed by atoms with Gasteiger partial charge in [-0.1, -0.05) is 0 Å². The minimum Gasteiger partial charge on any atom is -0.328 e. The van der Waals surface area contributed by atoms with Gasteiger partial charge in [-0.25, -0.2) is 0 Å². The smallest absolute Gasteiger partial charge is 0.250 e. The standard InChI is InChI=1S/C8H8BrNO.C5H4BrNO/c9-6-1-4-8(11)10(5-6)7-2-3-7;6-4-1-2-5(8)7-3-4/h1,4-5,7H,2-3H2;1-3H,(H,7,8). The van der Waals surface area contributed by atoms with Gasteiger partial charge in [-0.3, -0.25) is 9.59 Å². The van der Waals surface area contributed by atoms with Gasteiger partial charge in [0.2, 0.25) is 5.56 Å². The minimum absolute atomic E-state index is 0.0757. The molecule has 0 saturated heterocycles. The molecule has 0 bridgehead atoms. The molecule has 19 heavy (non-hydrogen) atoms. The van der Waals surface area contributed by atoms with Gasteiger partial charge < -0.3 is 9.55 Å². The zero-order valence-electron chi connectivity index (χ0n) is 9.98. The molecular formula is C13H12Br2N2O2. The van der Waals surface area contributed by atoms with Crippen LogP contribution in [-0.2, 0) is 0 Å². The average Bonchev–Trinajstić information content (AvgIpc) is 3.21. The van der Waals surface area contributed by atoms with Gasteiger partial charge in [0.15, 0.2) is 0 Å². The maximum Gasteiger partial charge on any atom is 0.250 e. The number of pyridine rings is 2. The van der Waals surface area contributed by atoms with E-state index in [0.717, 1.165) is 21.8 Å². The molecular weight excluding hydrogens is 376 g/mol. The molecule has 0 aromatic carbocycles. The summed E-state index contributed by atoms with van der Waals surface area (Å²) in [6, 6.07) is 7.01. The molecule has 100 valence electrons. The van der Waals surface area contributed by atoms with Crippen LogP contribution >= 0.6 is 31.9 Å². The van der Waals surface area contributed by atoms with Crippen LogP contribution in [0.15, 0.2) is 55.2 Å². The Kier molecular flexibility index (Phi) is 4.76. The van der Waals surface area contributed by atoms with Crippen molar-refractivity contribution in [2.24, 2.45) is 0 Å². The van der Waals surface area contributed by atoms with Gasteiger partial charge in [0.1, 0.15) is 0 Å². The van der Waals surface area contributed by atoms with E-state index in [0.29, 0.717) is 6.04 Å². The topological polar surface area (TPSA) is 54.9 Å². The number of hydrogen-bond acceptors (Lipinski definition) is 2. The Morgan fingerprint density at radius 3 is 2.26 bits per heavy atom. The molecule has 1 aliphatic rings. The van der Waals surface area contributed by atoms with Crippen LogP contribution in [-0.4, -0.2) is 9.55 Å². The molecule has 1 aliphatic carbocycles. The summed E-state index contributed by atoms with van der Waals surface area (Å²) in [4.78, 5) is 24.0. The van der Waals surface area contributed by atoms with Gasteiger partial charge in [-0.2, -0.15) is 0 Å². The predicted molar refractivity (Wildman–Crippen MR) is 81.4 cm³/mol. The van der Waals surface area contributed by atoms with Crippen LogP contribution in [0, 0.1) is 0 Å². The van der Waals surface area contributed by atoms with Crippen LogP contribution in [0.1, 0.15) is 18.9 Å². The van der Waals surface area contributed by atoms with Crippen LogP contribution in [0.3, 0.4) is 0 Å². The summed E-state index contributed by atoms with van der Waals surface area (Å²) in [5, 5.41) is 0. The van der Waals surface area contributed by atoms with Crippen molar-refractivity contribution in [3.63, 3.8) is 0 Å². The van der Waals surface area contributed by atoms with Gasteiger partial charge in [0.05, 0.1) is 0 Å². The number of aromatic amines is 1. The van der Waals surface area contributed by atoms with Crippen molar-refractivity contribution >= 4 is 31.9 Å². The Bertz CT molecular complexity index is 654. The number of H-pyrrole nitrogens is 1. The van der Waals surface area contributed by atoms with Crippen molar-refractivity contribution in [3.8, 4) is 0 Å². The second-order valence-electron chi connectivity index (χ2n) is 4.20. The van der Waals surface area contributed by atoms with E-state index in [2.05, 4.69) is 36.8 Å². The molecule has 1 saturated carbocycles. The lowest BCUT2D eigenvalue weighted by Crippen LogP contribution is -2.16. The van der Waals surface area contributed by atoms with Crippen molar-refractivity contribution in [1.82, 2.24) is 9.55 Å². The maximum atomic E-state index is 11.2. The zero-order valence-corrected chi connectivity index (χ0v) is 13.1. The van der Waals surface area contributed by atoms with E-state index in [-0.39, 0.29) is 11.1 Å². The lowest BCUT2D eigenvalue weighted by molar-refractivity contribution is 0.704. The quantitative estimate of drug-likeness (QED) is 0.817. The zero-order chi connectivity index (χ0) is 13.8. The Balaban J connectivity index is 0.000000148. The minimum atomic E-state index is -0.0757.